The van der Waals surface area contributed by atoms with E-state index in [1.807, 2.05) is 33.1 Å². The number of nitrogens with zero attached hydrogens (tertiary/aromatic N) is 1. The third kappa shape index (κ3) is 4.72. The lowest BCUT2D eigenvalue weighted by molar-refractivity contribution is -0.121. The van der Waals surface area contributed by atoms with Gasteiger partial charge in [0.05, 0.1) is 12.6 Å². The Kier molecular flexibility index (Phi) is 4.44. The molecule has 0 saturated carbocycles. The highest BCUT2D eigenvalue weighted by atomic mass is 32.1. The van der Waals surface area contributed by atoms with E-state index in [4.69, 9.17) is 0 Å². The van der Waals surface area contributed by atoms with Gasteiger partial charge in [-0.25, -0.2) is 4.98 Å². The second-order valence-corrected chi connectivity index (χ2v) is 5.69. The van der Waals surface area contributed by atoms with Gasteiger partial charge >= 0.3 is 0 Å². The molecular weight excluding hydrogens is 222 g/mol. The molecule has 0 saturated heterocycles. The Morgan fingerprint density at radius 2 is 2.25 bits per heavy atom. The van der Waals surface area contributed by atoms with Crippen molar-refractivity contribution in [1.82, 2.24) is 15.6 Å². The van der Waals surface area contributed by atoms with E-state index in [0.29, 0.717) is 6.54 Å². The SMILES string of the molecule is CC(NC(=O)CNC(C)(C)C)c1nccs1. The Labute approximate surface area is 100 Å². The largest absolute Gasteiger partial charge is 0.346 e. The van der Waals surface area contributed by atoms with Crippen molar-refractivity contribution in [2.45, 2.75) is 39.3 Å². The number of thiazole rings is 1. The van der Waals surface area contributed by atoms with Gasteiger partial charge in [0.1, 0.15) is 5.01 Å². The van der Waals surface area contributed by atoms with E-state index in [2.05, 4.69) is 15.6 Å². The van der Waals surface area contributed by atoms with Crippen molar-refractivity contribution in [1.29, 1.82) is 0 Å². The minimum absolute atomic E-state index is 0.00220. The van der Waals surface area contributed by atoms with Crippen LogP contribution in [-0.4, -0.2) is 23.0 Å². The van der Waals surface area contributed by atoms with Crippen LogP contribution in [0.15, 0.2) is 11.6 Å². The predicted octanol–water partition coefficient (Wildman–Crippen LogP) is 1.71. The Balaban J connectivity index is 2.35. The van der Waals surface area contributed by atoms with Crippen LogP contribution >= 0.6 is 11.3 Å². The molecule has 0 aliphatic carbocycles. The molecule has 1 unspecified atom stereocenters. The van der Waals surface area contributed by atoms with E-state index < -0.39 is 0 Å². The van der Waals surface area contributed by atoms with Crippen LogP contribution in [0.2, 0.25) is 0 Å². The number of carbonyl (C=O) groups excluding carboxylic acids is 1. The maximum absolute atomic E-state index is 11.6. The van der Waals surface area contributed by atoms with Crippen molar-refractivity contribution < 1.29 is 4.79 Å². The molecule has 0 spiro atoms. The highest BCUT2D eigenvalue weighted by molar-refractivity contribution is 7.09. The van der Waals surface area contributed by atoms with Crippen molar-refractivity contribution in [2.24, 2.45) is 0 Å². The van der Waals surface area contributed by atoms with E-state index in [1.165, 1.54) is 0 Å². The maximum Gasteiger partial charge on any atom is 0.234 e. The fourth-order valence-corrected chi connectivity index (χ4v) is 1.79. The van der Waals surface area contributed by atoms with Crippen molar-refractivity contribution in [3.05, 3.63) is 16.6 Å². The first-order valence-electron chi connectivity index (χ1n) is 5.32. The summed E-state index contributed by atoms with van der Waals surface area (Å²) in [5.74, 6) is -0.00220. The number of amides is 1. The zero-order valence-electron chi connectivity index (χ0n) is 10.2. The Hall–Kier alpha value is -0.940. The van der Waals surface area contributed by atoms with Crippen LogP contribution in [0.4, 0.5) is 0 Å². The summed E-state index contributed by atoms with van der Waals surface area (Å²) in [6.07, 6.45) is 1.75. The maximum atomic E-state index is 11.6. The molecule has 1 heterocycles. The summed E-state index contributed by atoms with van der Waals surface area (Å²) >= 11 is 1.55. The lowest BCUT2D eigenvalue weighted by atomic mass is 10.1. The first kappa shape index (κ1) is 13.1. The normalized spacial score (nSPS) is 13.5. The van der Waals surface area contributed by atoms with Gasteiger partial charge in [0.15, 0.2) is 0 Å². The lowest BCUT2D eigenvalue weighted by Gasteiger charge is -2.20. The van der Waals surface area contributed by atoms with Crippen LogP contribution in [0, 0.1) is 0 Å². The van der Waals surface area contributed by atoms with Crippen LogP contribution in [-0.2, 0) is 4.79 Å². The number of aromatic nitrogens is 1. The van der Waals surface area contributed by atoms with E-state index >= 15 is 0 Å². The van der Waals surface area contributed by atoms with Crippen LogP contribution < -0.4 is 10.6 Å². The molecule has 0 radical (unpaired) electrons. The molecule has 1 aromatic rings. The molecule has 0 aliphatic rings. The molecule has 0 fully saturated rings. The van der Waals surface area contributed by atoms with Gasteiger partial charge < -0.3 is 10.6 Å². The minimum atomic E-state index is -0.0399. The summed E-state index contributed by atoms with van der Waals surface area (Å²) < 4.78 is 0. The van der Waals surface area contributed by atoms with E-state index in [0.717, 1.165) is 5.01 Å². The number of carbonyl (C=O) groups is 1. The third-order valence-electron chi connectivity index (χ3n) is 1.98. The molecule has 90 valence electrons. The average Bonchev–Trinajstić information content (AvgIpc) is 2.66. The molecule has 16 heavy (non-hydrogen) atoms. The Bertz CT molecular complexity index is 329. The van der Waals surface area contributed by atoms with Gasteiger partial charge in [-0.2, -0.15) is 0 Å². The third-order valence-corrected chi connectivity index (χ3v) is 2.94. The fraction of sp³-hybridized carbons (Fsp3) is 0.636. The molecule has 1 atom stereocenters. The van der Waals surface area contributed by atoms with E-state index in [-0.39, 0.29) is 17.5 Å². The molecule has 1 rings (SSSR count). The molecule has 1 amide bonds. The quantitative estimate of drug-likeness (QED) is 0.843. The van der Waals surface area contributed by atoms with Gasteiger partial charge in [-0.05, 0) is 27.7 Å². The second-order valence-electron chi connectivity index (χ2n) is 4.76. The zero-order chi connectivity index (χ0) is 12.2. The molecule has 0 bridgehead atoms. The second kappa shape index (κ2) is 5.41. The van der Waals surface area contributed by atoms with Gasteiger partial charge in [-0.3, -0.25) is 4.79 Å². The first-order valence-corrected chi connectivity index (χ1v) is 6.20. The van der Waals surface area contributed by atoms with Crippen LogP contribution in [0.1, 0.15) is 38.7 Å². The van der Waals surface area contributed by atoms with Crippen LogP contribution in [0.25, 0.3) is 0 Å². The summed E-state index contributed by atoms with van der Waals surface area (Å²) in [5.41, 5.74) is -0.0399. The topological polar surface area (TPSA) is 54.0 Å². The van der Waals surface area contributed by atoms with Gasteiger partial charge in [0.25, 0.3) is 0 Å². The highest BCUT2D eigenvalue weighted by Crippen LogP contribution is 2.14. The fourth-order valence-electron chi connectivity index (χ4n) is 1.15. The standard InChI is InChI=1S/C11H19N3OS/c1-8(10-12-5-6-16-10)14-9(15)7-13-11(2,3)4/h5-6,8,13H,7H2,1-4H3,(H,14,15). The highest BCUT2D eigenvalue weighted by Gasteiger charge is 2.14. The summed E-state index contributed by atoms with van der Waals surface area (Å²) in [4.78, 5) is 15.8. The molecule has 0 aliphatic heterocycles. The zero-order valence-corrected chi connectivity index (χ0v) is 11.0. The lowest BCUT2D eigenvalue weighted by Crippen LogP contribution is -2.43. The molecular formula is C11H19N3OS. The van der Waals surface area contributed by atoms with Crippen LogP contribution in [0.5, 0.6) is 0 Å². The van der Waals surface area contributed by atoms with Crippen LogP contribution in [0.3, 0.4) is 0 Å². The van der Waals surface area contributed by atoms with Crippen molar-refractivity contribution in [2.75, 3.05) is 6.54 Å². The molecule has 5 heteroatoms. The predicted molar refractivity (Wildman–Crippen MR) is 66.4 cm³/mol. The van der Waals surface area contributed by atoms with Crippen molar-refractivity contribution in [3.63, 3.8) is 0 Å². The average molecular weight is 241 g/mol. The van der Waals surface area contributed by atoms with E-state index in [9.17, 15) is 4.79 Å². The van der Waals surface area contributed by atoms with Crippen molar-refractivity contribution >= 4 is 17.2 Å². The summed E-state index contributed by atoms with van der Waals surface area (Å²) in [5, 5.41) is 8.89. The first-order chi connectivity index (χ1) is 7.38. The molecule has 4 nitrogen and oxygen atoms in total. The van der Waals surface area contributed by atoms with Gasteiger partial charge in [-0.15, -0.1) is 11.3 Å². The van der Waals surface area contributed by atoms with Gasteiger partial charge in [0, 0.05) is 17.1 Å². The van der Waals surface area contributed by atoms with Crippen molar-refractivity contribution in [3.8, 4) is 0 Å². The monoisotopic (exact) mass is 241 g/mol. The summed E-state index contributed by atoms with van der Waals surface area (Å²) in [7, 11) is 0. The number of nitrogens with one attached hydrogen (secondary N) is 2. The summed E-state index contributed by atoms with van der Waals surface area (Å²) in [6.45, 7) is 8.37. The molecule has 0 aromatic carbocycles. The molecule has 2 N–H and O–H groups in total. The number of rotatable bonds is 4. The van der Waals surface area contributed by atoms with Gasteiger partial charge in [0.2, 0.25) is 5.91 Å². The molecule has 1 aromatic heterocycles. The van der Waals surface area contributed by atoms with Gasteiger partial charge in [-0.1, -0.05) is 0 Å². The smallest absolute Gasteiger partial charge is 0.234 e. The summed E-state index contributed by atoms with van der Waals surface area (Å²) in [6, 6.07) is -0.0192. The Morgan fingerprint density at radius 1 is 1.56 bits per heavy atom. The Morgan fingerprint density at radius 3 is 2.75 bits per heavy atom. The van der Waals surface area contributed by atoms with E-state index in [1.54, 1.807) is 17.5 Å². The number of hydrogen-bond acceptors (Lipinski definition) is 4. The minimum Gasteiger partial charge on any atom is -0.346 e. The number of hydrogen-bond donors (Lipinski definition) is 2.